The lowest BCUT2D eigenvalue weighted by molar-refractivity contribution is -0.113. The lowest BCUT2D eigenvalue weighted by Gasteiger charge is -2.07. The number of benzene rings is 1. The van der Waals surface area contributed by atoms with Crippen LogP contribution in [0.15, 0.2) is 52.9 Å². The van der Waals surface area contributed by atoms with Crippen LogP contribution in [0.25, 0.3) is 10.6 Å². The quantitative estimate of drug-likeness (QED) is 0.599. The van der Waals surface area contributed by atoms with E-state index in [-0.39, 0.29) is 11.7 Å². The van der Waals surface area contributed by atoms with Gasteiger partial charge in [0.15, 0.2) is 0 Å². The van der Waals surface area contributed by atoms with Gasteiger partial charge in [-0.05, 0) is 35.7 Å². The van der Waals surface area contributed by atoms with Crippen molar-refractivity contribution >= 4 is 57.9 Å². The van der Waals surface area contributed by atoms with Gasteiger partial charge >= 0.3 is 0 Å². The van der Waals surface area contributed by atoms with Crippen molar-refractivity contribution in [2.45, 2.75) is 5.03 Å². The fourth-order valence-electron chi connectivity index (χ4n) is 1.88. The number of hydrogen-bond donors (Lipinski definition) is 1. The maximum absolute atomic E-state index is 12.0. The summed E-state index contributed by atoms with van der Waals surface area (Å²) < 4.78 is 0. The van der Waals surface area contributed by atoms with E-state index in [1.165, 1.54) is 11.8 Å². The van der Waals surface area contributed by atoms with Crippen LogP contribution in [0.4, 0.5) is 5.69 Å². The molecule has 4 nitrogen and oxygen atoms in total. The third-order valence-corrected chi connectivity index (χ3v) is 5.62. The molecule has 0 aliphatic rings. The molecule has 1 N–H and O–H groups in total. The zero-order valence-electron chi connectivity index (χ0n) is 12.2. The number of hydrogen-bond acceptors (Lipinski definition) is 5. The van der Waals surface area contributed by atoms with Gasteiger partial charge in [-0.25, -0.2) is 0 Å². The van der Waals surface area contributed by atoms with Gasteiger partial charge in [-0.15, -0.1) is 21.5 Å². The molecule has 0 atom stereocenters. The lowest BCUT2D eigenvalue weighted by atomic mass is 10.3. The number of rotatable bonds is 5. The third-order valence-electron chi connectivity index (χ3n) is 2.99. The SMILES string of the molecule is O=C(CSc1ccc(-c2cccs2)nn1)Nc1cccc(Cl)c1Cl. The highest BCUT2D eigenvalue weighted by atomic mass is 35.5. The molecule has 0 saturated heterocycles. The highest BCUT2D eigenvalue weighted by Gasteiger charge is 2.10. The number of nitrogens with zero attached hydrogens (tertiary/aromatic N) is 2. The summed E-state index contributed by atoms with van der Waals surface area (Å²) in [6.45, 7) is 0. The Kier molecular flexibility index (Phi) is 5.73. The van der Waals surface area contributed by atoms with E-state index in [0.29, 0.717) is 20.8 Å². The first-order chi connectivity index (χ1) is 11.6. The predicted octanol–water partition coefficient (Wildman–Crippen LogP) is 5.24. The van der Waals surface area contributed by atoms with Crippen LogP contribution in [0.3, 0.4) is 0 Å². The van der Waals surface area contributed by atoms with Crippen molar-refractivity contribution in [3.63, 3.8) is 0 Å². The summed E-state index contributed by atoms with van der Waals surface area (Å²) in [7, 11) is 0. The van der Waals surface area contributed by atoms with Crippen molar-refractivity contribution in [1.29, 1.82) is 0 Å². The van der Waals surface area contributed by atoms with E-state index >= 15 is 0 Å². The topological polar surface area (TPSA) is 54.9 Å². The van der Waals surface area contributed by atoms with Crippen LogP contribution >= 0.6 is 46.3 Å². The molecular formula is C16H11Cl2N3OS2. The van der Waals surface area contributed by atoms with Gasteiger partial charge in [0.2, 0.25) is 5.91 Å². The molecule has 122 valence electrons. The molecule has 0 radical (unpaired) electrons. The number of carbonyl (C=O) groups is 1. The summed E-state index contributed by atoms with van der Waals surface area (Å²) in [5, 5.41) is 14.5. The summed E-state index contributed by atoms with van der Waals surface area (Å²) in [5.74, 6) is 0.0175. The van der Waals surface area contributed by atoms with E-state index in [9.17, 15) is 4.79 Å². The Balaban J connectivity index is 1.57. The van der Waals surface area contributed by atoms with E-state index in [2.05, 4.69) is 15.5 Å². The number of thioether (sulfide) groups is 1. The van der Waals surface area contributed by atoms with Gasteiger partial charge in [-0.1, -0.05) is 47.1 Å². The molecule has 0 fully saturated rings. The first-order valence-electron chi connectivity index (χ1n) is 6.88. The zero-order valence-corrected chi connectivity index (χ0v) is 15.3. The van der Waals surface area contributed by atoms with Crippen LogP contribution < -0.4 is 5.32 Å². The molecule has 0 spiro atoms. The molecule has 2 heterocycles. The number of aromatic nitrogens is 2. The average molecular weight is 396 g/mol. The first kappa shape index (κ1) is 17.2. The molecule has 8 heteroatoms. The van der Waals surface area contributed by atoms with Gasteiger partial charge < -0.3 is 5.32 Å². The molecule has 24 heavy (non-hydrogen) atoms. The molecule has 1 aromatic carbocycles. The van der Waals surface area contributed by atoms with Gasteiger partial charge in [-0.3, -0.25) is 4.79 Å². The smallest absolute Gasteiger partial charge is 0.234 e. The summed E-state index contributed by atoms with van der Waals surface area (Å²) in [5.41, 5.74) is 1.32. The number of halogens is 2. The van der Waals surface area contributed by atoms with E-state index < -0.39 is 0 Å². The second-order valence-electron chi connectivity index (χ2n) is 4.67. The molecule has 0 saturated carbocycles. The van der Waals surface area contributed by atoms with Gasteiger partial charge in [0, 0.05) is 0 Å². The summed E-state index contributed by atoms with van der Waals surface area (Å²) in [4.78, 5) is 13.1. The average Bonchev–Trinajstić information content (AvgIpc) is 3.12. The molecule has 1 amide bonds. The monoisotopic (exact) mass is 395 g/mol. The normalized spacial score (nSPS) is 10.6. The van der Waals surface area contributed by atoms with Crippen LogP contribution in [0.2, 0.25) is 10.0 Å². The number of carbonyl (C=O) groups excluding carboxylic acids is 1. The van der Waals surface area contributed by atoms with E-state index in [1.807, 2.05) is 29.6 Å². The summed E-state index contributed by atoms with van der Waals surface area (Å²) in [6, 6.07) is 12.8. The minimum atomic E-state index is -0.187. The minimum Gasteiger partial charge on any atom is -0.324 e. The van der Waals surface area contributed by atoms with Gasteiger partial charge in [-0.2, -0.15) is 0 Å². The van der Waals surface area contributed by atoms with Crippen molar-refractivity contribution in [2.75, 3.05) is 11.1 Å². The molecule has 3 aromatic rings. The van der Waals surface area contributed by atoms with Crippen LogP contribution in [0.5, 0.6) is 0 Å². The van der Waals surface area contributed by atoms with Crippen molar-refractivity contribution in [3.8, 4) is 10.6 Å². The highest BCUT2D eigenvalue weighted by Crippen LogP contribution is 2.30. The van der Waals surface area contributed by atoms with Crippen LogP contribution in [-0.2, 0) is 4.79 Å². The molecule has 3 rings (SSSR count). The van der Waals surface area contributed by atoms with Gasteiger partial charge in [0.1, 0.15) is 10.7 Å². The first-order valence-corrected chi connectivity index (χ1v) is 9.50. The zero-order chi connectivity index (χ0) is 16.9. The highest BCUT2D eigenvalue weighted by molar-refractivity contribution is 7.99. The summed E-state index contributed by atoms with van der Waals surface area (Å²) >= 11 is 14.9. The molecule has 0 bridgehead atoms. The van der Waals surface area contributed by atoms with Crippen LogP contribution in [0.1, 0.15) is 0 Å². The van der Waals surface area contributed by atoms with Crippen LogP contribution in [0, 0.1) is 0 Å². The van der Waals surface area contributed by atoms with Crippen molar-refractivity contribution in [3.05, 3.63) is 57.9 Å². The molecule has 0 aliphatic heterocycles. The third kappa shape index (κ3) is 4.27. The van der Waals surface area contributed by atoms with Crippen molar-refractivity contribution < 1.29 is 4.79 Å². The Morgan fingerprint density at radius 1 is 1.12 bits per heavy atom. The largest absolute Gasteiger partial charge is 0.324 e. The Morgan fingerprint density at radius 3 is 2.71 bits per heavy atom. The Labute approximate surface area is 157 Å². The Hall–Kier alpha value is -1.60. The predicted molar refractivity (Wildman–Crippen MR) is 101 cm³/mol. The fourth-order valence-corrected chi connectivity index (χ4v) is 3.53. The Bertz CT molecular complexity index is 839. The van der Waals surface area contributed by atoms with Gasteiger partial charge in [0.25, 0.3) is 0 Å². The number of anilines is 1. The standard InChI is InChI=1S/C16H11Cl2N3OS2/c17-10-3-1-4-12(16(10)18)19-14(22)9-24-15-7-6-11(20-21-15)13-5-2-8-23-13/h1-8H,9H2,(H,19,22). The maximum Gasteiger partial charge on any atom is 0.234 e. The lowest BCUT2D eigenvalue weighted by Crippen LogP contribution is -2.14. The van der Waals surface area contributed by atoms with Crippen molar-refractivity contribution in [1.82, 2.24) is 10.2 Å². The van der Waals surface area contributed by atoms with E-state index in [1.54, 1.807) is 29.5 Å². The van der Waals surface area contributed by atoms with E-state index in [0.717, 1.165) is 10.6 Å². The number of nitrogens with one attached hydrogen (secondary N) is 1. The second-order valence-corrected chi connectivity index (χ2v) is 7.40. The second kappa shape index (κ2) is 7.98. The molecule has 0 aliphatic carbocycles. The van der Waals surface area contributed by atoms with Gasteiger partial charge in [0.05, 0.1) is 26.4 Å². The molecule has 0 unspecified atom stereocenters. The van der Waals surface area contributed by atoms with Crippen molar-refractivity contribution in [2.24, 2.45) is 0 Å². The molecular weight excluding hydrogens is 385 g/mol. The van der Waals surface area contributed by atoms with E-state index in [4.69, 9.17) is 23.2 Å². The fraction of sp³-hybridized carbons (Fsp3) is 0.0625. The molecule has 2 aromatic heterocycles. The number of amides is 1. The van der Waals surface area contributed by atoms with Crippen LogP contribution in [-0.4, -0.2) is 21.9 Å². The minimum absolute atomic E-state index is 0.187. The maximum atomic E-state index is 12.0. The Morgan fingerprint density at radius 2 is 2.00 bits per heavy atom. The number of thiophene rings is 1. The summed E-state index contributed by atoms with van der Waals surface area (Å²) in [6.07, 6.45) is 0.